The molecule has 0 fully saturated rings. The van der Waals surface area contributed by atoms with E-state index in [1.54, 1.807) is 18.2 Å². The lowest BCUT2D eigenvalue weighted by Crippen LogP contribution is -2.29. The molecular formula is C17H21N9O. The summed E-state index contributed by atoms with van der Waals surface area (Å²) in [6.07, 6.45) is 1.48. The second-order valence-corrected chi connectivity index (χ2v) is 5.74. The van der Waals surface area contributed by atoms with Gasteiger partial charge in [-0.2, -0.15) is 4.98 Å². The van der Waals surface area contributed by atoms with Crippen LogP contribution >= 0.6 is 0 Å². The van der Waals surface area contributed by atoms with Crippen molar-refractivity contribution >= 4 is 17.7 Å². The van der Waals surface area contributed by atoms with E-state index in [0.29, 0.717) is 24.6 Å². The van der Waals surface area contributed by atoms with Crippen LogP contribution in [-0.4, -0.2) is 55.7 Å². The molecule has 3 N–H and O–H groups in total. The third-order valence-corrected chi connectivity index (χ3v) is 3.63. The summed E-state index contributed by atoms with van der Waals surface area (Å²) >= 11 is 0. The van der Waals surface area contributed by atoms with Gasteiger partial charge in [0.25, 0.3) is 5.91 Å². The number of nitrogens with zero attached hydrogens (tertiary/aromatic N) is 6. The maximum atomic E-state index is 12.3. The lowest BCUT2D eigenvalue weighted by Gasteiger charge is -2.10. The molecule has 0 saturated heterocycles. The monoisotopic (exact) mass is 367 g/mol. The zero-order valence-corrected chi connectivity index (χ0v) is 15.2. The van der Waals surface area contributed by atoms with E-state index < -0.39 is 0 Å². The van der Waals surface area contributed by atoms with Crippen LogP contribution < -0.4 is 16.0 Å². The first kappa shape index (κ1) is 18.2. The Morgan fingerprint density at radius 2 is 2.04 bits per heavy atom. The molecule has 0 aliphatic carbocycles. The molecule has 2 heterocycles. The molecule has 0 aliphatic rings. The van der Waals surface area contributed by atoms with E-state index in [2.05, 4.69) is 41.4 Å². The molecule has 2 aromatic heterocycles. The Morgan fingerprint density at radius 1 is 1.15 bits per heavy atom. The van der Waals surface area contributed by atoms with Gasteiger partial charge in [0.15, 0.2) is 0 Å². The third-order valence-electron chi connectivity index (χ3n) is 3.63. The largest absolute Gasteiger partial charge is 0.370 e. The van der Waals surface area contributed by atoms with Crippen LogP contribution in [0.3, 0.4) is 0 Å². The molecule has 0 bridgehead atoms. The van der Waals surface area contributed by atoms with E-state index >= 15 is 0 Å². The van der Waals surface area contributed by atoms with Crippen molar-refractivity contribution < 1.29 is 4.79 Å². The molecular weight excluding hydrogens is 346 g/mol. The van der Waals surface area contributed by atoms with E-state index in [1.165, 1.54) is 11.0 Å². The first-order valence-corrected chi connectivity index (χ1v) is 8.61. The number of carbonyl (C=O) groups is 1. The molecule has 27 heavy (non-hydrogen) atoms. The van der Waals surface area contributed by atoms with Crippen molar-refractivity contribution in [3.63, 3.8) is 0 Å². The summed E-state index contributed by atoms with van der Waals surface area (Å²) in [5.41, 5.74) is 2.12. The summed E-state index contributed by atoms with van der Waals surface area (Å²) < 4.78 is 1.50. The number of aryl methyl sites for hydroxylation is 1. The summed E-state index contributed by atoms with van der Waals surface area (Å²) in [4.78, 5) is 21.0. The fourth-order valence-corrected chi connectivity index (χ4v) is 2.44. The Bertz CT molecular complexity index is 895. The van der Waals surface area contributed by atoms with Gasteiger partial charge in [0.1, 0.15) is 12.1 Å². The van der Waals surface area contributed by atoms with E-state index in [0.717, 1.165) is 23.7 Å². The van der Waals surface area contributed by atoms with Gasteiger partial charge in [-0.05, 0) is 42.5 Å². The molecule has 10 nitrogen and oxygen atoms in total. The van der Waals surface area contributed by atoms with Gasteiger partial charge in [-0.3, -0.25) is 4.79 Å². The Morgan fingerprint density at radius 3 is 2.81 bits per heavy atom. The van der Waals surface area contributed by atoms with Crippen LogP contribution in [0.4, 0.5) is 11.8 Å². The van der Waals surface area contributed by atoms with Crippen LogP contribution in [0.5, 0.6) is 0 Å². The number of benzene rings is 1. The van der Waals surface area contributed by atoms with Crippen molar-refractivity contribution in [1.29, 1.82) is 0 Å². The van der Waals surface area contributed by atoms with Gasteiger partial charge < -0.3 is 16.0 Å². The molecule has 0 atom stereocenters. The molecule has 1 amide bonds. The number of carbonyl (C=O) groups excluding carboxylic acids is 1. The van der Waals surface area contributed by atoms with Crippen molar-refractivity contribution in [3.05, 3.63) is 47.9 Å². The number of rotatable bonds is 8. The quantitative estimate of drug-likeness (QED) is 0.505. The van der Waals surface area contributed by atoms with Crippen LogP contribution in [0.2, 0.25) is 0 Å². The highest BCUT2D eigenvalue weighted by Gasteiger charge is 2.07. The Hall–Kier alpha value is -3.56. The number of nitrogens with one attached hydrogen (secondary N) is 3. The maximum Gasteiger partial charge on any atom is 0.251 e. The third kappa shape index (κ3) is 4.97. The zero-order valence-electron chi connectivity index (χ0n) is 15.2. The van der Waals surface area contributed by atoms with Crippen molar-refractivity contribution in [3.8, 4) is 5.69 Å². The minimum absolute atomic E-state index is 0.176. The molecule has 3 aromatic rings. The van der Waals surface area contributed by atoms with Crippen LogP contribution in [-0.2, 0) is 0 Å². The number of hydrogen-bond acceptors (Lipinski definition) is 8. The number of anilines is 2. The normalized spacial score (nSPS) is 10.4. The summed E-state index contributed by atoms with van der Waals surface area (Å²) in [5.74, 6) is 1.13. The van der Waals surface area contributed by atoms with Crippen LogP contribution in [0.1, 0.15) is 23.0 Å². The topological polar surface area (TPSA) is 123 Å². The smallest absolute Gasteiger partial charge is 0.251 e. The van der Waals surface area contributed by atoms with E-state index in [1.807, 2.05) is 26.0 Å². The summed E-state index contributed by atoms with van der Waals surface area (Å²) in [7, 11) is 0. The van der Waals surface area contributed by atoms with Gasteiger partial charge in [-0.1, -0.05) is 6.07 Å². The Kier molecular flexibility index (Phi) is 5.87. The SMILES string of the molecule is CCNc1cc(C)nc(NCCNC(=O)c2cccc(-n3cnnn3)c2)n1. The van der Waals surface area contributed by atoms with E-state index in [9.17, 15) is 4.79 Å². The molecule has 0 spiro atoms. The number of tetrazole rings is 1. The molecule has 10 heteroatoms. The van der Waals surface area contributed by atoms with Crippen LogP contribution in [0, 0.1) is 6.92 Å². The Labute approximate surface area is 156 Å². The minimum Gasteiger partial charge on any atom is -0.370 e. The van der Waals surface area contributed by atoms with Crippen molar-refractivity contribution in [2.75, 3.05) is 30.3 Å². The highest BCUT2D eigenvalue weighted by Crippen LogP contribution is 2.10. The lowest BCUT2D eigenvalue weighted by molar-refractivity contribution is 0.0955. The standard InChI is InChI=1S/C17H21N9O/c1-3-18-15-9-12(2)22-17(23-15)20-8-7-19-16(27)13-5-4-6-14(10-13)26-11-21-24-25-26/h4-6,9-11H,3,7-8H2,1-2H3,(H,19,27)(H2,18,20,22,23). The molecule has 0 aliphatic heterocycles. The first-order valence-electron chi connectivity index (χ1n) is 8.61. The van der Waals surface area contributed by atoms with Crippen molar-refractivity contribution in [2.24, 2.45) is 0 Å². The minimum atomic E-state index is -0.176. The molecule has 0 saturated carbocycles. The van der Waals surface area contributed by atoms with Gasteiger partial charge in [0.2, 0.25) is 5.95 Å². The summed E-state index contributed by atoms with van der Waals surface area (Å²) in [6, 6.07) is 8.96. The fraction of sp³-hybridized carbons (Fsp3) is 0.294. The highest BCUT2D eigenvalue weighted by molar-refractivity contribution is 5.94. The average Bonchev–Trinajstić information content (AvgIpc) is 3.20. The van der Waals surface area contributed by atoms with Gasteiger partial charge in [0, 0.05) is 37.0 Å². The maximum absolute atomic E-state index is 12.3. The Balaban J connectivity index is 1.52. The summed E-state index contributed by atoms with van der Waals surface area (Å²) in [5, 5.41) is 20.1. The predicted octanol–water partition coefficient (Wildman–Crippen LogP) is 1.03. The van der Waals surface area contributed by atoms with Crippen molar-refractivity contribution in [1.82, 2.24) is 35.5 Å². The van der Waals surface area contributed by atoms with E-state index in [-0.39, 0.29) is 5.91 Å². The highest BCUT2D eigenvalue weighted by atomic mass is 16.1. The van der Waals surface area contributed by atoms with E-state index in [4.69, 9.17) is 0 Å². The predicted molar refractivity (Wildman–Crippen MR) is 101 cm³/mol. The van der Waals surface area contributed by atoms with Crippen LogP contribution in [0.15, 0.2) is 36.7 Å². The van der Waals surface area contributed by atoms with Gasteiger partial charge >= 0.3 is 0 Å². The summed E-state index contributed by atoms with van der Waals surface area (Å²) in [6.45, 7) is 5.65. The van der Waals surface area contributed by atoms with Crippen molar-refractivity contribution in [2.45, 2.75) is 13.8 Å². The lowest BCUT2D eigenvalue weighted by atomic mass is 10.2. The molecule has 0 unspecified atom stereocenters. The first-order chi connectivity index (χ1) is 13.2. The number of aromatic nitrogens is 6. The second kappa shape index (κ2) is 8.70. The van der Waals surface area contributed by atoms with Gasteiger partial charge in [-0.25, -0.2) is 9.67 Å². The number of hydrogen-bond donors (Lipinski definition) is 3. The second-order valence-electron chi connectivity index (χ2n) is 5.74. The zero-order chi connectivity index (χ0) is 19.1. The van der Waals surface area contributed by atoms with Crippen LogP contribution in [0.25, 0.3) is 5.69 Å². The molecule has 0 radical (unpaired) electrons. The molecule has 140 valence electrons. The van der Waals surface area contributed by atoms with Gasteiger partial charge in [-0.15, -0.1) is 5.10 Å². The number of amides is 1. The van der Waals surface area contributed by atoms with Gasteiger partial charge in [0.05, 0.1) is 5.69 Å². The average molecular weight is 367 g/mol. The fourth-order valence-electron chi connectivity index (χ4n) is 2.44. The molecule has 3 rings (SSSR count). The molecule has 1 aromatic carbocycles.